The van der Waals surface area contributed by atoms with E-state index in [-0.39, 0.29) is 6.04 Å². The van der Waals surface area contributed by atoms with Gasteiger partial charge in [0.2, 0.25) is 0 Å². The standard InChI is InChI=1S/C10H23N3O2/c1-4-13(5-2)7-8(3)12-6-9(11)10(14)15/h8-9,12H,4-7,11H2,1-3H3,(H,14,15). The predicted molar refractivity (Wildman–Crippen MR) is 60.9 cm³/mol. The Labute approximate surface area is 91.6 Å². The second kappa shape index (κ2) is 7.62. The summed E-state index contributed by atoms with van der Waals surface area (Å²) >= 11 is 0. The van der Waals surface area contributed by atoms with Crippen LogP contribution < -0.4 is 11.1 Å². The zero-order chi connectivity index (χ0) is 11.8. The fourth-order valence-corrected chi connectivity index (χ4v) is 1.35. The van der Waals surface area contributed by atoms with E-state index >= 15 is 0 Å². The maximum absolute atomic E-state index is 10.5. The summed E-state index contributed by atoms with van der Waals surface area (Å²) in [6.45, 7) is 9.50. The van der Waals surface area contributed by atoms with E-state index in [0.717, 1.165) is 19.6 Å². The molecule has 5 heteroatoms. The Balaban J connectivity index is 3.73. The van der Waals surface area contributed by atoms with Gasteiger partial charge < -0.3 is 21.1 Å². The minimum Gasteiger partial charge on any atom is -0.480 e. The quantitative estimate of drug-likeness (QED) is 0.521. The Bertz CT molecular complexity index is 184. The van der Waals surface area contributed by atoms with Gasteiger partial charge in [-0.3, -0.25) is 4.79 Å². The zero-order valence-electron chi connectivity index (χ0n) is 9.86. The number of carboxylic acid groups (broad SMARTS) is 1. The van der Waals surface area contributed by atoms with Gasteiger partial charge in [-0.2, -0.15) is 0 Å². The molecule has 0 rings (SSSR count). The van der Waals surface area contributed by atoms with Crippen LogP contribution in [0.4, 0.5) is 0 Å². The number of hydrogen-bond acceptors (Lipinski definition) is 4. The maximum Gasteiger partial charge on any atom is 0.321 e. The molecule has 0 radical (unpaired) electrons. The average molecular weight is 217 g/mol. The summed E-state index contributed by atoms with van der Waals surface area (Å²) < 4.78 is 0. The third-order valence-electron chi connectivity index (χ3n) is 2.43. The van der Waals surface area contributed by atoms with Crippen LogP contribution in [0, 0.1) is 0 Å². The maximum atomic E-state index is 10.5. The van der Waals surface area contributed by atoms with Gasteiger partial charge in [-0.25, -0.2) is 0 Å². The average Bonchev–Trinajstić information content (AvgIpc) is 2.22. The third kappa shape index (κ3) is 6.43. The van der Waals surface area contributed by atoms with Gasteiger partial charge in [0.25, 0.3) is 0 Å². The van der Waals surface area contributed by atoms with Crippen LogP contribution in [-0.2, 0) is 4.79 Å². The summed E-state index contributed by atoms with van der Waals surface area (Å²) in [5.41, 5.74) is 5.38. The summed E-state index contributed by atoms with van der Waals surface area (Å²) in [6, 6.07) is -0.556. The molecule has 0 aliphatic carbocycles. The van der Waals surface area contributed by atoms with E-state index in [1.54, 1.807) is 0 Å². The highest BCUT2D eigenvalue weighted by Gasteiger charge is 2.13. The van der Waals surface area contributed by atoms with Crippen LogP contribution in [0.1, 0.15) is 20.8 Å². The molecule has 0 aliphatic rings. The molecule has 0 amide bonds. The third-order valence-corrected chi connectivity index (χ3v) is 2.43. The van der Waals surface area contributed by atoms with Crippen molar-refractivity contribution in [2.75, 3.05) is 26.2 Å². The summed E-state index contributed by atoms with van der Waals surface area (Å²) in [7, 11) is 0. The first-order valence-electron chi connectivity index (χ1n) is 5.45. The van der Waals surface area contributed by atoms with E-state index in [9.17, 15) is 4.79 Å². The van der Waals surface area contributed by atoms with Crippen molar-refractivity contribution in [2.45, 2.75) is 32.9 Å². The fourth-order valence-electron chi connectivity index (χ4n) is 1.35. The van der Waals surface area contributed by atoms with Crippen molar-refractivity contribution in [1.29, 1.82) is 0 Å². The fraction of sp³-hybridized carbons (Fsp3) is 0.900. The lowest BCUT2D eigenvalue weighted by molar-refractivity contribution is -0.138. The molecule has 90 valence electrons. The Kier molecular flexibility index (Phi) is 7.29. The van der Waals surface area contributed by atoms with Gasteiger partial charge >= 0.3 is 5.97 Å². The number of nitrogens with two attached hydrogens (primary N) is 1. The van der Waals surface area contributed by atoms with Crippen LogP contribution in [0.25, 0.3) is 0 Å². The molecule has 0 bridgehead atoms. The molecular formula is C10H23N3O2. The molecular weight excluding hydrogens is 194 g/mol. The van der Waals surface area contributed by atoms with Gasteiger partial charge in [0.15, 0.2) is 0 Å². The number of aliphatic carboxylic acids is 1. The number of rotatable bonds is 8. The second-order valence-corrected chi connectivity index (χ2v) is 3.74. The molecule has 0 aromatic rings. The Morgan fingerprint density at radius 3 is 2.40 bits per heavy atom. The van der Waals surface area contributed by atoms with Crippen LogP contribution in [0.2, 0.25) is 0 Å². The molecule has 0 fully saturated rings. The van der Waals surface area contributed by atoms with Crippen LogP contribution in [0.3, 0.4) is 0 Å². The smallest absolute Gasteiger partial charge is 0.321 e. The SMILES string of the molecule is CCN(CC)CC(C)NCC(N)C(=O)O. The van der Waals surface area contributed by atoms with E-state index in [4.69, 9.17) is 10.8 Å². The van der Waals surface area contributed by atoms with Crippen LogP contribution in [0.15, 0.2) is 0 Å². The van der Waals surface area contributed by atoms with Crippen molar-refractivity contribution < 1.29 is 9.90 Å². The minimum absolute atomic E-state index is 0.260. The highest BCUT2D eigenvalue weighted by molar-refractivity contribution is 5.73. The number of carboxylic acids is 1. The van der Waals surface area contributed by atoms with Crippen molar-refractivity contribution in [3.8, 4) is 0 Å². The first-order valence-corrected chi connectivity index (χ1v) is 5.45. The number of likely N-dealkylation sites (N-methyl/N-ethyl adjacent to an activating group) is 1. The normalized spacial score (nSPS) is 15.3. The first kappa shape index (κ1) is 14.3. The highest BCUT2D eigenvalue weighted by atomic mass is 16.4. The molecule has 0 aromatic carbocycles. The van der Waals surface area contributed by atoms with E-state index in [1.807, 2.05) is 6.92 Å². The van der Waals surface area contributed by atoms with Crippen molar-refractivity contribution >= 4 is 5.97 Å². The van der Waals surface area contributed by atoms with Gasteiger partial charge in [-0.05, 0) is 20.0 Å². The van der Waals surface area contributed by atoms with Gasteiger partial charge in [0.05, 0.1) is 0 Å². The van der Waals surface area contributed by atoms with E-state index in [2.05, 4.69) is 24.1 Å². The van der Waals surface area contributed by atoms with Crippen molar-refractivity contribution in [3.63, 3.8) is 0 Å². The van der Waals surface area contributed by atoms with Gasteiger partial charge in [0, 0.05) is 19.1 Å². The lowest BCUT2D eigenvalue weighted by atomic mass is 10.2. The largest absolute Gasteiger partial charge is 0.480 e. The summed E-state index contributed by atoms with van der Waals surface area (Å²) in [5, 5.41) is 11.7. The molecule has 5 nitrogen and oxygen atoms in total. The number of nitrogens with zero attached hydrogens (tertiary/aromatic N) is 1. The monoisotopic (exact) mass is 217 g/mol. The molecule has 15 heavy (non-hydrogen) atoms. The van der Waals surface area contributed by atoms with E-state index in [1.165, 1.54) is 0 Å². The van der Waals surface area contributed by atoms with E-state index in [0.29, 0.717) is 6.54 Å². The molecule has 0 heterocycles. The Morgan fingerprint density at radius 2 is 2.00 bits per heavy atom. The Hall–Kier alpha value is -0.650. The van der Waals surface area contributed by atoms with Crippen LogP contribution in [0.5, 0.6) is 0 Å². The van der Waals surface area contributed by atoms with Crippen LogP contribution >= 0.6 is 0 Å². The summed E-state index contributed by atoms with van der Waals surface area (Å²) in [6.07, 6.45) is 0. The first-order chi connectivity index (χ1) is 7.01. The Morgan fingerprint density at radius 1 is 1.47 bits per heavy atom. The molecule has 2 unspecified atom stereocenters. The van der Waals surface area contributed by atoms with Gasteiger partial charge in [-0.15, -0.1) is 0 Å². The molecule has 0 saturated heterocycles. The molecule has 0 aliphatic heterocycles. The molecule has 2 atom stereocenters. The summed E-state index contributed by atoms with van der Waals surface area (Å²) in [5.74, 6) is -0.961. The number of nitrogens with one attached hydrogen (secondary N) is 1. The lowest BCUT2D eigenvalue weighted by Crippen LogP contribution is -2.46. The predicted octanol–water partition coefficient (Wildman–Crippen LogP) is -0.282. The van der Waals surface area contributed by atoms with Crippen molar-refractivity contribution in [2.24, 2.45) is 5.73 Å². The van der Waals surface area contributed by atoms with Crippen molar-refractivity contribution in [3.05, 3.63) is 0 Å². The van der Waals surface area contributed by atoms with Crippen LogP contribution in [-0.4, -0.2) is 54.2 Å². The zero-order valence-corrected chi connectivity index (χ0v) is 9.86. The number of hydrogen-bond donors (Lipinski definition) is 3. The molecule has 4 N–H and O–H groups in total. The van der Waals surface area contributed by atoms with Crippen molar-refractivity contribution in [1.82, 2.24) is 10.2 Å². The molecule has 0 spiro atoms. The summed E-state index contributed by atoms with van der Waals surface area (Å²) in [4.78, 5) is 12.8. The number of carbonyl (C=O) groups is 1. The van der Waals surface area contributed by atoms with Gasteiger partial charge in [0.1, 0.15) is 6.04 Å². The van der Waals surface area contributed by atoms with Gasteiger partial charge in [-0.1, -0.05) is 13.8 Å². The molecule has 0 saturated carbocycles. The minimum atomic E-state index is -0.961. The molecule has 0 aromatic heterocycles. The lowest BCUT2D eigenvalue weighted by Gasteiger charge is -2.24. The van der Waals surface area contributed by atoms with E-state index < -0.39 is 12.0 Å². The second-order valence-electron chi connectivity index (χ2n) is 3.74. The topological polar surface area (TPSA) is 78.6 Å². The highest BCUT2D eigenvalue weighted by Crippen LogP contribution is 1.91.